The van der Waals surface area contributed by atoms with Crippen LogP contribution in [-0.2, 0) is 16.6 Å². The lowest BCUT2D eigenvalue weighted by molar-refractivity contribution is 0.601. The van der Waals surface area contributed by atoms with Gasteiger partial charge in [0.15, 0.2) is 0 Å². The second-order valence-corrected chi connectivity index (χ2v) is 7.25. The zero-order chi connectivity index (χ0) is 15.6. The second-order valence-electron chi connectivity index (χ2n) is 4.72. The van der Waals surface area contributed by atoms with E-state index in [-0.39, 0.29) is 10.7 Å². The number of benzene rings is 1. The maximum absolute atomic E-state index is 12.4. The van der Waals surface area contributed by atoms with E-state index in [1.165, 1.54) is 0 Å². The van der Waals surface area contributed by atoms with E-state index in [0.29, 0.717) is 6.54 Å². The predicted molar refractivity (Wildman–Crippen MR) is 86.6 cm³/mol. The second kappa shape index (κ2) is 6.13. The molecule has 3 N–H and O–H groups in total. The molecule has 112 valence electrons. The number of rotatable bonds is 4. The van der Waals surface area contributed by atoms with E-state index < -0.39 is 10.0 Å². The number of nitrogens with zero attached hydrogens (tertiary/aromatic N) is 1. The molecule has 0 bridgehead atoms. The van der Waals surface area contributed by atoms with Crippen molar-refractivity contribution in [2.45, 2.75) is 25.3 Å². The highest BCUT2D eigenvalue weighted by atomic mass is 79.9. The molecule has 1 heterocycles. The molecule has 5 nitrogen and oxygen atoms in total. The third-order valence-corrected chi connectivity index (χ3v) is 5.32. The molecule has 1 aromatic carbocycles. The molecule has 0 amide bonds. The predicted octanol–water partition coefficient (Wildman–Crippen LogP) is 2.72. The average molecular weight is 370 g/mol. The molecule has 2 rings (SSSR count). The summed E-state index contributed by atoms with van der Waals surface area (Å²) in [6.07, 6.45) is 1.56. The van der Waals surface area contributed by atoms with Crippen molar-refractivity contribution >= 4 is 31.8 Å². The molecule has 0 aliphatic carbocycles. The molecule has 0 saturated carbocycles. The minimum atomic E-state index is -3.68. The lowest BCUT2D eigenvalue weighted by Gasteiger charge is -2.10. The number of aryl methyl sites for hydroxylation is 2. The van der Waals surface area contributed by atoms with Crippen LogP contribution in [0.2, 0.25) is 0 Å². The van der Waals surface area contributed by atoms with Crippen LogP contribution >= 0.6 is 15.9 Å². The molecule has 0 unspecified atom stereocenters. The summed E-state index contributed by atoms with van der Waals surface area (Å²) in [5, 5.41) is 0. The van der Waals surface area contributed by atoms with Crippen LogP contribution < -0.4 is 10.5 Å². The van der Waals surface area contributed by atoms with Gasteiger partial charge >= 0.3 is 0 Å². The number of hydrogen-bond donors (Lipinski definition) is 2. The number of nitrogens with one attached hydrogen (secondary N) is 1. The fourth-order valence-electron chi connectivity index (χ4n) is 1.83. The Morgan fingerprint density at radius 3 is 2.57 bits per heavy atom. The van der Waals surface area contributed by atoms with Crippen molar-refractivity contribution in [1.82, 2.24) is 4.98 Å². The van der Waals surface area contributed by atoms with Gasteiger partial charge in [0, 0.05) is 17.2 Å². The topological polar surface area (TPSA) is 85.1 Å². The van der Waals surface area contributed by atoms with Crippen molar-refractivity contribution in [1.29, 1.82) is 0 Å². The third kappa shape index (κ3) is 3.61. The van der Waals surface area contributed by atoms with Crippen molar-refractivity contribution in [2.75, 3.05) is 4.72 Å². The SMILES string of the molecule is Cc1cc(NS(=O)(=O)c2ccc(C)c(CN)c2)ncc1Br. The molecule has 1 aromatic heterocycles. The number of hydrogen-bond acceptors (Lipinski definition) is 4. The maximum Gasteiger partial charge on any atom is 0.263 e. The highest BCUT2D eigenvalue weighted by molar-refractivity contribution is 9.10. The van der Waals surface area contributed by atoms with Gasteiger partial charge < -0.3 is 5.73 Å². The molecule has 0 fully saturated rings. The molecule has 0 aliphatic heterocycles. The van der Waals surface area contributed by atoms with Gasteiger partial charge in [-0.15, -0.1) is 0 Å². The lowest BCUT2D eigenvalue weighted by atomic mass is 10.1. The van der Waals surface area contributed by atoms with E-state index >= 15 is 0 Å². The summed E-state index contributed by atoms with van der Waals surface area (Å²) < 4.78 is 28.0. The Morgan fingerprint density at radius 1 is 1.24 bits per heavy atom. The first-order valence-electron chi connectivity index (χ1n) is 6.28. The van der Waals surface area contributed by atoms with Crippen LogP contribution in [-0.4, -0.2) is 13.4 Å². The van der Waals surface area contributed by atoms with Crippen LogP contribution in [0.5, 0.6) is 0 Å². The van der Waals surface area contributed by atoms with Gasteiger partial charge in [-0.25, -0.2) is 13.4 Å². The van der Waals surface area contributed by atoms with E-state index in [1.54, 1.807) is 30.5 Å². The summed E-state index contributed by atoms with van der Waals surface area (Å²) in [6.45, 7) is 4.05. The molecule has 0 radical (unpaired) electrons. The highest BCUT2D eigenvalue weighted by Crippen LogP contribution is 2.21. The Balaban J connectivity index is 2.35. The van der Waals surface area contributed by atoms with Gasteiger partial charge in [-0.05, 0) is 64.7 Å². The maximum atomic E-state index is 12.4. The Kier molecular flexibility index (Phi) is 4.65. The van der Waals surface area contributed by atoms with Crippen LogP contribution in [0.25, 0.3) is 0 Å². The zero-order valence-electron chi connectivity index (χ0n) is 11.7. The Labute approximate surface area is 132 Å². The van der Waals surface area contributed by atoms with Crippen LogP contribution in [0.1, 0.15) is 16.7 Å². The number of pyridine rings is 1. The number of aromatic nitrogens is 1. The lowest BCUT2D eigenvalue weighted by Crippen LogP contribution is -2.15. The summed E-state index contributed by atoms with van der Waals surface area (Å²) in [5.41, 5.74) is 8.29. The van der Waals surface area contributed by atoms with Crippen LogP contribution in [0.4, 0.5) is 5.82 Å². The first kappa shape index (κ1) is 15.9. The molecule has 0 saturated heterocycles. The first-order chi connectivity index (χ1) is 9.83. The van der Waals surface area contributed by atoms with Gasteiger partial charge in [-0.1, -0.05) is 6.07 Å². The number of anilines is 1. The normalized spacial score (nSPS) is 11.4. The Hall–Kier alpha value is -1.44. The van der Waals surface area contributed by atoms with Crippen LogP contribution in [0, 0.1) is 13.8 Å². The summed E-state index contributed by atoms with van der Waals surface area (Å²) >= 11 is 3.33. The van der Waals surface area contributed by atoms with E-state index in [0.717, 1.165) is 21.2 Å². The molecule has 7 heteroatoms. The first-order valence-corrected chi connectivity index (χ1v) is 8.55. The van der Waals surface area contributed by atoms with E-state index in [9.17, 15) is 8.42 Å². The molecular weight excluding hydrogens is 354 g/mol. The van der Waals surface area contributed by atoms with Gasteiger partial charge in [-0.3, -0.25) is 4.72 Å². The molecule has 0 atom stereocenters. The standard InChI is InChI=1S/C14H16BrN3O2S/c1-9-3-4-12(6-11(9)7-16)21(19,20)18-14-5-10(2)13(15)8-17-14/h3-6,8H,7,16H2,1-2H3,(H,17,18). The van der Waals surface area contributed by atoms with Gasteiger partial charge in [-0.2, -0.15) is 0 Å². The van der Waals surface area contributed by atoms with Gasteiger partial charge in [0.05, 0.1) is 4.90 Å². The summed E-state index contributed by atoms with van der Waals surface area (Å²) in [4.78, 5) is 4.22. The molecule has 0 aliphatic rings. The van der Waals surface area contributed by atoms with Crippen molar-refractivity contribution in [2.24, 2.45) is 5.73 Å². The van der Waals surface area contributed by atoms with Crippen LogP contribution in [0.3, 0.4) is 0 Å². The smallest absolute Gasteiger partial charge is 0.263 e. The average Bonchev–Trinajstić information content (AvgIpc) is 2.43. The molecule has 2 aromatic rings. The molecule has 0 spiro atoms. The zero-order valence-corrected chi connectivity index (χ0v) is 14.1. The number of sulfonamides is 1. The summed E-state index contributed by atoms with van der Waals surface area (Å²) in [5.74, 6) is 0.283. The fourth-order valence-corrected chi connectivity index (χ4v) is 3.09. The molecule has 21 heavy (non-hydrogen) atoms. The molecular formula is C14H16BrN3O2S. The van der Waals surface area contributed by atoms with Crippen molar-refractivity contribution in [3.63, 3.8) is 0 Å². The van der Waals surface area contributed by atoms with Crippen molar-refractivity contribution < 1.29 is 8.42 Å². The van der Waals surface area contributed by atoms with Gasteiger partial charge in [0.25, 0.3) is 10.0 Å². The monoisotopic (exact) mass is 369 g/mol. The quantitative estimate of drug-likeness (QED) is 0.867. The summed E-state index contributed by atoms with van der Waals surface area (Å²) in [6, 6.07) is 6.56. The van der Waals surface area contributed by atoms with Crippen LogP contribution in [0.15, 0.2) is 39.8 Å². The van der Waals surface area contributed by atoms with Crippen molar-refractivity contribution in [3.05, 3.63) is 51.6 Å². The van der Waals surface area contributed by atoms with Gasteiger partial charge in [0.2, 0.25) is 0 Å². The minimum Gasteiger partial charge on any atom is -0.326 e. The summed E-state index contributed by atoms with van der Waals surface area (Å²) in [7, 11) is -3.68. The highest BCUT2D eigenvalue weighted by Gasteiger charge is 2.16. The van der Waals surface area contributed by atoms with Crippen molar-refractivity contribution in [3.8, 4) is 0 Å². The fraction of sp³-hybridized carbons (Fsp3) is 0.214. The minimum absolute atomic E-state index is 0.177. The largest absolute Gasteiger partial charge is 0.326 e. The number of nitrogens with two attached hydrogens (primary N) is 1. The van der Waals surface area contributed by atoms with E-state index in [4.69, 9.17) is 5.73 Å². The number of halogens is 1. The Morgan fingerprint density at radius 2 is 1.95 bits per heavy atom. The Bertz CT molecular complexity index is 776. The van der Waals surface area contributed by atoms with E-state index in [2.05, 4.69) is 25.6 Å². The third-order valence-electron chi connectivity index (χ3n) is 3.14. The van der Waals surface area contributed by atoms with E-state index in [1.807, 2.05) is 13.8 Å². The van der Waals surface area contributed by atoms with Gasteiger partial charge in [0.1, 0.15) is 5.82 Å².